The summed E-state index contributed by atoms with van der Waals surface area (Å²) in [5.74, 6) is 0.903. The van der Waals surface area contributed by atoms with E-state index in [-0.39, 0.29) is 7.43 Å². The third-order valence-corrected chi connectivity index (χ3v) is 2.99. The monoisotopic (exact) mass is 436 g/mol. The van der Waals surface area contributed by atoms with E-state index in [1.54, 1.807) is 18.5 Å². The molecular weight excluding hydrogens is 376 g/mol. The fourth-order valence-corrected chi connectivity index (χ4v) is 1.80. The summed E-state index contributed by atoms with van der Waals surface area (Å²) in [6.45, 7) is 25.0. The topological polar surface area (TPSA) is 25.8 Å². The van der Waals surface area contributed by atoms with Gasteiger partial charge in [0.2, 0.25) is 0 Å². The van der Waals surface area contributed by atoms with Gasteiger partial charge in [-0.05, 0) is 24.0 Å². The first-order chi connectivity index (χ1) is 14.7. The quantitative estimate of drug-likeness (QED) is 0.465. The van der Waals surface area contributed by atoms with E-state index in [0.717, 1.165) is 5.92 Å². The number of aromatic nitrogens is 2. The Morgan fingerprint density at radius 3 is 1.35 bits per heavy atom. The van der Waals surface area contributed by atoms with Crippen LogP contribution >= 0.6 is 0 Å². The lowest BCUT2D eigenvalue weighted by Gasteiger charge is -1.98. The van der Waals surface area contributed by atoms with Crippen molar-refractivity contribution in [3.05, 3.63) is 60.7 Å². The maximum Gasteiger partial charge on any atom is 0.115 e. The molecule has 0 spiro atoms. The van der Waals surface area contributed by atoms with Gasteiger partial charge in [0.15, 0.2) is 0 Å². The van der Waals surface area contributed by atoms with E-state index in [2.05, 4.69) is 68.0 Å². The molecule has 1 aromatic heterocycles. The van der Waals surface area contributed by atoms with Crippen molar-refractivity contribution in [2.24, 2.45) is 5.92 Å². The lowest BCUT2D eigenvalue weighted by Crippen LogP contribution is -1.83. The average Bonchev–Trinajstić information content (AvgIpc) is 2.86. The standard InChI is InChI=1S/C9H12.C7H16.C4H4N2.4C2H6.CH4/c1-2-6-9-7-4-3-5-8-9;1-4-5-6-7(2)3;1-2-5-4-6-3-1;4*1-2;/h3-5,7-8H,2,6H2,1H3;7H,4-6H2,1-3H3;1-4H;4*1-2H3;1H4. The zero-order valence-electron chi connectivity index (χ0n) is 22.7. The SMILES string of the molecule is C.CC.CC.CC.CC.CCCCC(C)C.CCCc1ccccc1.c1cncnc1. The van der Waals surface area contributed by atoms with Gasteiger partial charge in [0.25, 0.3) is 0 Å². The molecule has 0 amide bonds. The third-order valence-electron chi connectivity index (χ3n) is 2.99. The molecule has 0 saturated carbocycles. The highest BCUT2D eigenvalue weighted by molar-refractivity contribution is 5.14. The summed E-state index contributed by atoms with van der Waals surface area (Å²) in [6.07, 6.45) is 11.5. The van der Waals surface area contributed by atoms with E-state index in [1.807, 2.05) is 55.4 Å². The second-order valence-electron chi connectivity index (χ2n) is 5.68. The zero-order valence-corrected chi connectivity index (χ0v) is 22.7. The number of hydrogen-bond acceptors (Lipinski definition) is 2. The summed E-state index contributed by atoms with van der Waals surface area (Å²) in [5, 5.41) is 0. The van der Waals surface area contributed by atoms with Crippen LogP contribution in [0.3, 0.4) is 0 Å². The van der Waals surface area contributed by atoms with Crippen LogP contribution in [0.1, 0.15) is 122 Å². The fourth-order valence-electron chi connectivity index (χ4n) is 1.80. The van der Waals surface area contributed by atoms with Gasteiger partial charge in [0, 0.05) is 12.4 Å². The first-order valence-corrected chi connectivity index (χ1v) is 12.4. The van der Waals surface area contributed by atoms with Crippen LogP contribution in [0.25, 0.3) is 0 Å². The minimum Gasteiger partial charge on any atom is -0.245 e. The molecule has 0 radical (unpaired) electrons. The Balaban J connectivity index is -0.0000000648. The highest BCUT2D eigenvalue weighted by Gasteiger charge is 1.88. The largest absolute Gasteiger partial charge is 0.245 e. The number of nitrogens with zero attached hydrogens (tertiary/aromatic N) is 2. The molecule has 0 aliphatic rings. The molecule has 31 heavy (non-hydrogen) atoms. The van der Waals surface area contributed by atoms with Gasteiger partial charge >= 0.3 is 0 Å². The van der Waals surface area contributed by atoms with Crippen molar-refractivity contribution < 1.29 is 0 Å². The van der Waals surface area contributed by atoms with E-state index in [1.165, 1.54) is 44.0 Å². The number of hydrogen-bond donors (Lipinski definition) is 0. The van der Waals surface area contributed by atoms with Gasteiger partial charge in [0.1, 0.15) is 6.33 Å². The predicted octanol–water partition coefficient (Wildman–Crippen LogP) is 10.7. The molecule has 0 bridgehead atoms. The Hall–Kier alpha value is -1.70. The van der Waals surface area contributed by atoms with Gasteiger partial charge in [-0.25, -0.2) is 9.97 Å². The molecule has 186 valence electrons. The molecule has 2 heteroatoms. The van der Waals surface area contributed by atoms with Gasteiger partial charge in [-0.15, -0.1) is 0 Å². The molecule has 0 aliphatic heterocycles. The number of benzene rings is 1. The Morgan fingerprint density at radius 1 is 0.677 bits per heavy atom. The van der Waals surface area contributed by atoms with Gasteiger partial charge in [-0.2, -0.15) is 0 Å². The Kier molecular flexibility index (Phi) is 71.4. The Morgan fingerprint density at radius 2 is 1.13 bits per heavy atom. The Bertz CT molecular complexity index is 387. The van der Waals surface area contributed by atoms with Crippen molar-refractivity contribution >= 4 is 0 Å². The van der Waals surface area contributed by atoms with Crippen LogP contribution in [0.2, 0.25) is 0 Å². The van der Waals surface area contributed by atoms with Gasteiger partial charge in [-0.3, -0.25) is 0 Å². The van der Waals surface area contributed by atoms with Gasteiger partial charge in [-0.1, -0.05) is 147 Å². The summed E-state index contributed by atoms with van der Waals surface area (Å²) in [5.41, 5.74) is 1.44. The molecule has 0 aliphatic carbocycles. The summed E-state index contributed by atoms with van der Waals surface area (Å²) >= 11 is 0. The summed E-state index contributed by atoms with van der Waals surface area (Å²) in [4.78, 5) is 7.35. The highest BCUT2D eigenvalue weighted by Crippen LogP contribution is 2.04. The molecule has 0 atom stereocenters. The van der Waals surface area contributed by atoms with Crippen LogP contribution in [-0.4, -0.2) is 9.97 Å². The van der Waals surface area contributed by atoms with Crippen LogP contribution in [0.5, 0.6) is 0 Å². The fraction of sp³-hybridized carbons (Fsp3) is 0.655. The van der Waals surface area contributed by atoms with E-state index >= 15 is 0 Å². The number of unbranched alkanes of at least 4 members (excludes halogenated alkanes) is 1. The second kappa shape index (κ2) is 51.2. The molecule has 0 unspecified atom stereocenters. The maximum absolute atomic E-state index is 3.67. The van der Waals surface area contributed by atoms with E-state index < -0.39 is 0 Å². The first-order valence-electron chi connectivity index (χ1n) is 12.4. The maximum atomic E-state index is 3.67. The molecule has 0 fully saturated rings. The van der Waals surface area contributed by atoms with Gasteiger partial charge < -0.3 is 0 Å². The molecule has 2 aromatic rings. The molecule has 1 heterocycles. The lowest BCUT2D eigenvalue weighted by molar-refractivity contribution is 0.550. The molecular formula is C29H60N2. The van der Waals surface area contributed by atoms with Crippen LogP contribution in [-0.2, 0) is 6.42 Å². The molecule has 2 rings (SSSR count). The molecule has 1 aromatic carbocycles. The van der Waals surface area contributed by atoms with Crippen molar-refractivity contribution in [2.75, 3.05) is 0 Å². The van der Waals surface area contributed by atoms with Crippen molar-refractivity contribution in [1.29, 1.82) is 0 Å². The van der Waals surface area contributed by atoms with Crippen molar-refractivity contribution in [3.8, 4) is 0 Å². The normalized spacial score (nSPS) is 7.39. The predicted molar refractivity (Wildman–Crippen MR) is 149 cm³/mol. The molecule has 2 nitrogen and oxygen atoms in total. The van der Waals surface area contributed by atoms with E-state index in [4.69, 9.17) is 0 Å². The van der Waals surface area contributed by atoms with Crippen molar-refractivity contribution in [1.82, 2.24) is 9.97 Å². The minimum atomic E-state index is 0. The average molecular weight is 437 g/mol. The smallest absolute Gasteiger partial charge is 0.115 e. The third kappa shape index (κ3) is 52.6. The minimum absolute atomic E-state index is 0. The molecule has 0 saturated heterocycles. The van der Waals surface area contributed by atoms with Crippen LogP contribution in [0, 0.1) is 5.92 Å². The van der Waals surface area contributed by atoms with Crippen LogP contribution in [0.4, 0.5) is 0 Å². The summed E-state index contributed by atoms with van der Waals surface area (Å²) in [6, 6.07) is 12.3. The zero-order chi connectivity index (χ0) is 24.5. The first kappa shape index (κ1) is 43.2. The van der Waals surface area contributed by atoms with Crippen LogP contribution in [0.15, 0.2) is 55.1 Å². The highest BCUT2D eigenvalue weighted by atomic mass is 14.8. The summed E-state index contributed by atoms with van der Waals surface area (Å²) < 4.78 is 0. The number of rotatable bonds is 5. The number of aryl methyl sites for hydroxylation is 1. The van der Waals surface area contributed by atoms with Crippen molar-refractivity contribution in [2.45, 2.75) is 123 Å². The van der Waals surface area contributed by atoms with Gasteiger partial charge in [0.05, 0.1) is 0 Å². The summed E-state index contributed by atoms with van der Waals surface area (Å²) in [7, 11) is 0. The van der Waals surface area contributed by atoms with Crippen LogP contribution < -0.4 is 0 Å². The van der Waals surface area contributed by atoms with E-state index in [9.17, 15) is 0 Å². The van der Waals surface area contributed by atoms with E-state index in [0.29, 0.717) is 0 Å². The lowest BCUT2D eigenvalue weighted by atomic mass is 10.1. The molecule has 0 N–H and O–H groups in total. The second-order valence-corrected chi connectivity index (χ2v) is 5.68. The Labute approximate surface area is 199 Å². The van der Waals surface area contributed by atoms with Crippen molar-refractivity contribution in [3.63, 3.8) is 0 Å².